The number of aromatic amines is 1. The monoisotopic (exact) mass is 350 g/mol. The number of aromatic nitrogens is 5. The number of H-pyrrole nitrogens is 1. The smallest absolute Gasteiger partial charge is 0.177 e. The first-order valence-electron chi connectivity index (χ1n) is 8.18. The first-order valence-corrected chi connectivity index (χ1v) is 9.00. The standard InChI is InChI=1S/C18H18N6S/c1-3-13-9-14-16(19-10-20-18(14)25-13)22-15(12-7-5-4-6-8-12)17-21-11(2)23-24-17/h4-10,15H,3H2,1-2H3,(H,19,20,22)(H,21,23,24). The van der Waals surface area contributed by atoms with Crippen molar-refractivity contribution < 1.29 is 0 Å². The second-order valence-electron chi connectivity index (χ2n) is 5.77. The fraction of sp³-hybridized carbons (Fsp3) is 0.222. The maximum Gasteiger partial charge on any atom is 0.177 e. The van der Waals surface area contributed by atoms with E-state index in [9.17, 15) is 0 Å². The number of hydrogen-bond acceptors (Lipinski definition) is 6. The van der Waals surface area contributed by atoms with Crippen molar-refractivity contribution in [2.24, 2.45) is 0 Å². The molecule has 0 spiro atoms. The van der Waals surface area contributed by atoms with E-state index in [-0.39, 0.29) is 6.04 Å². The summed E-state index contributed by atoms with van der Waals surface area (Å²) in [6.07, 6.45) is 2.59. The molecular weight excluding hydrogens is 332 g/mol. The predicted molar refractivity (Wildman–Crippen MR) is 99.8 cm³/mol. The lowest BCUT2D eigenvalue weighted by Crippen LogP contribution is -2.15. The molecule has 0 saturated heterocycles. The van der Waals surface area contributed by atoms with E-state index in [1.807, 2.05) is 25.1 Å². The lowest BCUT2D eigenvalue weighted by Gasteiger charge is -2.17. The molecule has 3 heterocycles. The van der Waals surface area contributed by atoms with Crippen molar-refractivity contribution in [2.45, 2.75) is 26.3 Å². The molecule has 1 aromatic carbocycles. The lowest BCUT2D eigenvalue weighted by atomic mass is 10.1. The van der Waals surface area contributed by atoms with Crippen molar-refractivity contribution in [2.75, 3.05) is 5.32 Å². The number of nitrogens with one attached hydrogen (secondary N) is 2. The molecule has 0 aliphatic carbocycles. The summed E-state index contributed by atoms with van der Waals surface area (Å²) in [4.78, 5) is 15.7. The molecule has 1 atom stereocenters. The molecule has 0 amide bonds. The van der Waals surface area contributed by atoms with E-state index in [1.54, 1.807) is 17.7 Å². The van der Waals surface area contributed by atoms with Gasteiger partial charge in [-0.05, 0) is 25.0 Å². The van der Waals surface area contributed by atoms with Crippen molar-refractivity contribution in [3.05, 3.63) is 64.8 Å². The molecule has 0 bridgehead atoms. The third-order valence-electron chi connectivity index (χ3n) is 4.02. The zero-order chi connectivity index (χ0) is 17.2. The van der Waals surface area contributed by atoms with Crippen LogP contribution in [0.1, 0.15) is 35.1 Å². The Morgan fingerprint density at radius 2 is 2.04 bits per heavy atom. The third-order valence-corrected chi connectivity index (χ3v) is 5.20. The van der Waals surface area contributed by atoms with Gasteiger partial charge in [-0.25, -0.2) is 15.0 Å². The number of rotatable bonds is 5. The molecule has 0 saturated carbocycles. The molecule has 1 unspecified atom stereocenters. The number of hydrogen-bond donors (Lipinski definition) is 2. The van der Waals surface area contributed by atoms with Crippen molar-refractivity contribution in [3.63, 3.8) is 0 Å². The molecule has 3 aromatic heterocycles. The topological polar surface area (TPSA) is 79.4 Å². The van der Waals surface area contributed by atoms with Crippen molar-refractivity contribution in [3.8, 4) is 0 Å². The summed E-state index contributed by atoms with van der Waals surface area (Å²) in [5.41, 5.74) is 1.08. The Kier molecular flexibility index (Phi) is 4.15. The highest BCUT2D eigenvalue weighted by molar-refractivity contribution is 7.18. The van der Waals surface area contributed by atoms with Gasteiger partial charge in [-0.15, -0.1) is 11.3 Å². The van der Waals surface area contributed by atoms with Gasteiger partial charge in [0, 0.05) is 4.88 Å². The molecule has 25 heavy (non-hydrogen) atoms. The van der Waals surface area contributed by atoms with Crippen LogP contribution < -0.4 is 5.32 Å². The average molecular weight is 350 g/mol. The number of aryl methyl sites for hydroxylation is 2. The molecule has 126 valence electrons. The number of nitrogens with zero attached hydrogens (tertiary/aromatic N) is 4. The molecule has 2 N–H and O–H groups in total. The molecule has 4 aromatic rings. The van der Waals surface area contributed by atoms with Gasteiger partial charge in [0.05, 0.1) is 5.39 Å². The number of fused-ring (bicyclic) bond motifs is 1. The minimum Gasteiger partial charge on any atom is -0.355 e. The van der Waals surface area contributed by atoms with Gasteiger partial charge in [0.25, 0.3) is 0 Å². The Morgan fingerprint density at radius 1 is 1.20 bits per heavy atom. The Morgan fingerprint density at radius 3 is 2.76 bits per heavy atom. The van der Waals surface area contributed by atoms with E-state index in [4.69, 9.17) is 0 Å². The fourth-order valence-corrected chi connectivity index (χ4v) is 3.70. The van der Waals surface area contributed by atoms with Crippen molar-refractivity contribution >= 4 is 27.4 Å². The summed E-state index contributed by atoms with van der Waals surface area (Å²) >= 11 is 1.71. The molecule has 0 radical (unpaired) electrons. The number of benzene rings is 1. The van der Waals surface area contributed by atoms with Crippen LogP contribution in [-0.4, -0.2) is 25.1 Å². The normalized spacial score (nSPS) is 12.4. The zero-order valence-electron chi connectivity index (χ0n) is 14.0. The van der Waals surface area contributed by atoms with Crippen LogP contribution >= 0.6 is 11.3 Å². The maximum absolute atomic E-state index is 4.52. The van der Waals surface area contributed by atoms with Gasteiger partial charge in [0.2, 0.25) is 0 Å². The van der Waals surface area contributed by atoms with E-state index in [1.165, 1.54) is 4.88 Å². The highest BCUT2D eigenvalue weighted by atomic mass is 32.1. The fourth-order valence-electron chi connectivity index (χ4n) is 2.76. The van der Waals surface area contributed by atoms with Gasteiger partial charge in [-0.3, -0.25) is 5.10 Å². The number of thiophene rings is 1. The summed E-state index contributed by atoms with van der Waals surface area (Å²) < 4.78 is 0. The highest BCUT2D eigenvalue weighted by Crippen LogP contribution is 2.31. The molecule has 0 aliphatic heterocycles. The molecule has 0 fully saturated rings. The molecule has 7 heteroatoms. The van der Waals surface area contributed by atoms with E-state index in [0.29, 0.717) is 5.82 Å². The molecule has 0 aliphatic rings. The van der Waals surface area contributed by atoms with E-state index < -0.39 is 0 Å². The van der Waals surface area contributed by atoms with Crippen LogP contribution in [0.25, 0.3) is 10.2 Å². The lowest BCUT2D eigenvalue weighted by molar-refractivity contribution is 0.831. The van der Waals surface area contributed by atoms with Crippen LogP contribution in [0.2, 0.25) is 0 Å². The quantitative estimate of drug-likeness (QED) is 0.571. The summed E-state index contributed by atoms with van der Waals surface area (Å²) in [5.74, 6) is 2.29. The largest absolute Gasteiger partial charge is 0.355 e. The number of anilines is 1. The maximum atomic E-state index is 4.52. The van der Waals surface area contributed by atoms with E-state index in [0.717, 1.165) is 33.8 Å². The molecule has 4 rings (SSSR count). The Labute approximate surface area is 149 Å². The summed E-state index contributed by atoms with van der Waals surface area (Å²) in [5, 5.41) is 11.8. The first kappa shape index (κ1) is 15.7. The van der Waals surface area contributed by atoms with Crippen LogP contribution in [0.3, 0.4) is 0 Å². The first-order chi connectivity index (χ1) is 12.2. The second-order valence-corrected chi connectivity index (χ2v) is 6.89. The van der Waals surface area contributed by atoms with Crippen molar-refractivity contribution in [1.82, 2.24) is 25.1 Å². The van der Waals surface area contributed by atoms with Crippen LogP contribution in [0.5, 0.6) is 0 Å². The van der Waals surface area contributed by atoms with Gasteiger partial charge in [-0.2, -0.15) is 5.10 Å². The van der Waals surface area contributed by atoms with Crippen molar-refractivity contribution in [1.29, 1.82) is 0 Å². The summed E-state index contributed by atoms with van der Waals surface area (Å²) in [6.45, 7) is 4.04. The van der Waals surface area contributed by atoms with Gasteiger partial charge < -0.3 is 5.32 Å². The Hall–Kier alpha value is -2.80. The average Bonchev–Trinajstić information content (AvgIpc) is 3.26. The SMILES string of the molecule is CCc1cc2c(NC(c3ccccc3)c3n[nH]c(C)n3)ncnc2s1. The Balaban J connectivity index is 1.78. The zero-order valence-corrected chi connectivity index (χ0v) is 14.8. The van der Waals surface area contributed by atoms with Gasteiger partial charge in [0.1, 0.15) is 28.8 Å². The van der Waals surface area contributed by atoms with Crippen LogP contribution in [0, 0.1) is 6.92 Å². The van der Waals surface area contributed by atoms with Crippen LogP contribution in [-0.2, 0) is 6.42 Å². The van der Waals surface area contributed by atoms with Gasteiger partial charge in [-0.1, -0.05) is 37.3 Å². The minimum absolute atomic E-state index is 0.186. The third kappa shape index (κ3) is 3.10. The minimum atomic E-state index is -0.186. The van der Waals surface area contributed by atoms with Gasteiger partial charge >= 0.3 is 0 Å². The van der Waals surface area contributed by atoms with Crippen LogP contribution in [0.4, 0.5) is 5.82 Å². The molecular formula is C18H18N6S. The summed E-state index contributed by atoms with van der Waals surface area (Å²) in [6, 6.07) is 12.1. The van der Waals surface area contributed by atoms with E-state index >= 15 is 0 Å². The van der Waals surface area contributed by atoms with Crippen LogP contribution in [0.15, 0.2) is 42.7 Å². The highest BCUT2D eigenvalue weighted by Gasteiger charge is 2.20. The second kappa shape index (κ2) is 6.60. The predicted octanol–water partition coefficient (Wildman–Crippen LogP) is 3.88. The molecule has 6 nitrogen and oxygen atoms in total. The summed E-state index contributed by atoms with van der Waals surface area (Å²) in [7, 11) is 0. The van der Waals surface area contributed by atoms with E-state index in [2.05, 4.69) is 55.6 Å². The van der Waals surface area contributed by atoms with Gasteiger partial charge in [0.15, 0.2) is 5.82 Å². The Bertz CT molecular complexity index is 991.